The van der Waals surface area contributed by atoms with Crippen LogP contribution in [-0.4, -0.2) is 41.3 Å². The lowest BCUT2D eigenvalue weighted by atomic mass is 10.3. The highest BCUT2D eigenvalue weighted by atomic mass is 16.4. The summed E-state index contributed by atoms with van der Waals surface area (Å²) in [6.07, 6.45) is 3.10. The first-order chi connectivity index (χ1) is 5.25. The van der Waals surface area contributed by atoms with Crippen LogP contribution in [0.2, 0.25) is 0 Å². The molecule has 0 aromatic rings. The smallest absolute Gasteiger partial charge is 0.326 e. The molecule has 62 valence electrons. The van der Waals surface area contributed by atoms with Gasteiger partial charge in [0.2, 0.25) is 0 Å². The molecular formula is C7H12N2O2. The van der Waals surface area contributed by atoms with Crippen LogP contribution in [0, 0.1) is 5.41 Å². The number of hydrogen-bond donors (Lipinski definition) is 2. The number of carboxylic acid groups (broad SMARTS) is 1. The van der Waals surface area contributed by atoms with Crippen molar-refractivity contribution in [2.24, 2.45) is 0 Å². The Labute approximate surface area is 65.3 Å². The number of aliphatic carboxylic acids is 1. The highest BCUT2D eigenvalue weighted by Crippen LogP contribution is 2.10. The van der Waals surface area contributed by atoms with E-state index in [1.165, 1.54) is 0 Å². The Hall–Kier alpha value is -0.900. The van der Waals surface area contributed by atoms with Crippen molar-refractivity contribution in [1.82, 2.24) is 4.90 Å². The summed E-state index contributed by atoms with van der Waals surface area (Å²) in [6.45, 7) is 1.62. The maximum atomic E-state index is 10.5. The molecule has 1 fully saturated rings. The molecule has 1 unspecified atom stereocenters. The second-order valence-electron chi connectivity index (χ2n) is 2.69. The number of rotatable bonds is 3. The second-order valence-corrected chi connectivity index (χ2v) is 2.69. The molecule has 0 spiro atoms. The molecule has 0 aliphatic carbocycles. The van der Waals surface area contributed by atoms with Crippen LogP contribution in [0.1, 0.15) is 12.8 Å². The lowest BCUT2D eigenvalue weighted by Crippen LogP contribution is -2.40. The molecule has 11 heavy (non-hydrogen) atoms. The van der Waals surface area contributed by atoms with Crippen molar-refractivity contribution >= 4 is 12.2 Å². The van der Waals surface area contributed by atoms with Crippen LogP contribution in [0.25, 0.3) is 0 Å². The Morgan fingerprint density at radius 1 is 1.55 bits per heavy atom. The van der Waals surface area contributed by atoms with Crippen molar-refractivity contribution in [3.8, 4) is 0 Å². The minimum absolute atomic E-state index is 0.697. The largest absolute Gasteiger partial charge is 0.480 e. The van der Waals surface area contributed by atoms with E-state index in [2.05, 4.69) is 0 Å². The van der Waals surface area contributed by atoms with Crippen LogP contribution in [0.4, 0.5) is 0 Å². The van der Waals surface area contributed by atoms with E-state index < -0.39 is 12.0 Å². The highest BCUT2D eigenvalue weighted by Gasteiger charge is 2.25. The van der Waals surface area contributed by atoms with Gasteiger partial charge < -0.3 is 10.5 Å². The van der Waals surface area contributed by atoms with E-state index in [4.69, 9.17) is 10.5 Å². The molecule has 0 amide bonds. The second kappa shape index (κ2) is 3.48. The topological polar surface area (TPSA) is 64.4 Å². The van der Waals surface area contributed by atoms with Crippen LogP contribution in [0.3, 0.4) is 0 Å². The van der Waals surface area contributed by atoms with Crippen molar-refractivity contribution < 1.29 is 9.90 Å². The molecule has 1 rings (SSSR count). The van der Waals surface area contributed by atoms with Gasteiger partial charge in [0.25, 0.3) is 0 Å². The quantitative estimate of drug-likeness (QED) is 0.573. The molecule has 1 heterocycles. The molecule has 4 nitrogen and oxygen atoms in total. The van der Waals surface area contributed by atoms with Crippen molar-refractivity contribution in [2.45, 2.75) is 18.9 Å². The number of hydrogen-bond acceptors (Lipinski definition) is 3. The molecule has 0 bridgehead atoms. The summed E-state index contributed by atoms with van der Waals surface area (Å²) in [5, 5.41) is 15.5. The van der Waals surface area contributed by atoms with Gasteiger partial charge in [0.05, 0.1) is 0 Å². The average Bonchev–Trinajstić information content (AvgIpc) is 2.40. The van der Waals surface area contributed by atoms with Crippen LogP contribution >= 0.6 is 0 Å². The van der Waals surface area contributed by atoms with Gasteiger partial charge in [0.1, 0.15) is 6.04 Å². The van der Waals surface area contributed by atoms with Crippen LogP contribution in [-0.2, 0) is 4.79 Å². The highest BCUT2D eigenvalue weighted by molar-refractivity contribution is 5.91. The van der Waals surface area contributed by atoms with Crippen molar-refractivity contribution in [3.63, 3.8) is 0 Å². The first-order valence-corrected chi connectivity index (χ1v) is 3.73. The predicted octanol–water partition coefficient (Wildman–Crippen LogP) is 0.185. The van der Waals surface area contributed by atoms with Gasteiger partial charge in [0, 0.05) is 6.21 Å². The lowest BCUT2D eigenvalue weighted by molar-refractivity contribution is -0.140. The van der Waals surface area contributed by atoms with E-state index in [1.807, 2.05) is 4.90 Å². The molecule has 0 aromatic heterocycles. The zero-order chi connectivity index (χ0) is 8.27. The van der Waals surface area contributed by atoms with Gasteiger partial charge in [-0.15, -0.1) is 0 Å². The SMILES string of the molecule is N=CC(C(=O)O)N1CCCC1. The predicted molar refractivity (Wildman–Crippen MR) is 41.0 cm³/mol. The molecule has 1 aliphatic heterocycles. The fourth-order valence-corrected chi connectivity index (χ4v) is 1.35. The molecule has 1 atom stereocenters. The summed E-state index contributed by atoms with van der Waals surface area (Å²) in [5.74, 6) is -0.915. The fraction of sp³-hybridized carbons (Fsp3) is 0.714. The summed E-state index contributed by atoms with van der Waals surface area (Å²) in [7, 11) is 0. The Balaban J connectivity index is 2.53. The molecule has 1 saturated heterocycles. The van der Waals surface area contributed by atoms with E-state index in [0.29, 0.717) is 0 Å². The van der Waals surface area contributed by atoms with Gasteiger partial charge in [-0.05, 0) is 25.9 Å². The van der Waals surface area contributed by atoms with E-state index >= 15 is 0 Å². The minimum atomic E-state index is -0.915. The molecule has 4 heteroatoms. The van der Waals surface area contributed by atoms with E-state index in [-0.39, 0.29) is 0 Å². The number of nitrogens with one attached hydrogen (secondary N) is 1. The third-order valence-electron chi connectivity index (χ3n) is 1.94. The summed E-state index contributed by atoms with van der Waals surface area (Å²) in [6, 6.07) is -0.697. The van der Waals surface area contributed by atoms with Crippen molar-refractivity contribution in [2.75, 3.05) is 13.1 Å². The fourth-order valence-electron chi connectivity index (χ4n) is 1.35. The van der Waals surface area contributed by atoms with E-state index in [0.717, 1.165) is 32.1 Å². The maximum absolute atomic E-state index is 10.5. The molecule has 1 aliphatic rings. The van der Waals surface area contributed by atoms with E-state index in [1.54, 1.807) is 0 Å². The number of carboxylic acids is 1. The standard InChI is InChI=1S/C7H12N2O2/c8-5-6(7(10)11)9-3-1-2-4-9/h5-6,8H,1-4H2,(H,10,11). The monoisotopic (exact) mass is 156 g/mol. The molecular weight excluding hydrogens is 144 g/mol. The molecule has 0 aromatic carbocycles. The Morgan fingerprint density at radius 3 is 2.45 bits per heavy atom. The van der Waals surface area contributed by atoms with Gasteiger partial charge in [0.15, 0.2) is 0 Å². The third kappa shape index (κ3) is 1.77. The molecule has 2 N–H and O–H groups in total. The van der Waals surface area contributed by atoms with Gasteiger partial charge in [-0.1, -0.05) is 0 Å². The Bertz CT molecular complexity index is 164. The summed E-state index contributed by atoms with van der Waals surface area (Å²) in [5.41, 5.74) is 0. The first kappa shape index (κ1) is 8.20. The van der Waals surface area contributed by atoms with Crippen LogP contribution in [0.15, 0.2) is 0 Å². The Morgan fingerprint density at radius 2 is 2.09 bits per heavy atom. The van der Waals surface area contributed by atoms with Crippen LogP contribution < -0.4 is 0 Å². The normalized spacial score (nSPS) is 21.5. The zero-order valence-corrected chi connectivity index (χ0v) is 6.29. The first-order valence-electron chi connectivity index (χ1n) is 3.73. The lowest BCUT2D eigenvalue weighted by Gasteiger charge is -2.18. The molecule has 0 saturated carbocycles. The van der Waals surface area contributed by atoms with Gasteiger partial charge in [-0.25, -0.2) is 0 Å². The van der Waals surface area contributed by atoms with Crippen molar-refractivity contribution in [1.29, 1.82) is 5.41 Å². The molecule has 0 radical (unpaired) electrons. The number of nitrogens with zero attached hydrogens (tertiary/aromatic N) is 1. The Kier molecular flexibility index (Phi) is 2.59. The maximum Gasteiger partial charge on any atom is 0.326 e. The number of carbonyl (C=O) groups is 1. The number of likely N-dealkylation sites (tertiary alicyclic amines) is 1. The van der Waals surface area contributed by atoms with E-state index in [9.17, 15) is 4.79 Å². The van der Waals surface area contributed by atoms with Crippen LogP contribution in [0.5, 0.6) is 0 Å². The minimum Gasteiger partial charge on any atom is -0.480 e. The summed E-state index contributed by atoms with van der Waals surface area (Å²) in [4.78, 5) is 12.3. The summed E-state index contributed by atoms with van der Waals surface area (Å²) < 4.78 is 0. The van der Waals surface area contributed by atoms with Gasteiger partial charge in [-0.2, -0.15) is 0 Å². The third-order valence-corrected chi connectivity index (χ3v) is 1.94. The van der Waals surface area contributed by atoms with Crippen molar-refractivity contribution in [3.05, 3.63) is 0 Å². The van der Waals surface area contributed by atoms with Gasteiger partial charge >= 0.3 is 5.97 Å². The zero-order valence-electron chi connectivity index (χ0n) is 6.29. The summed E-state index contributed by atoms with van der Waals surface area (Å²) >= 11 is 0. The average molecular weight is 156 g/mol. The van der Waals surface area contributed by atoms with Gasteiger partial charge in [-0.3, -0.25) is 9.69 Å².